The van der Waals surface area contributed by atoms with Gasteiger partial charge in [-0.25, -0.2) is 4.39 Å². The maximum atomic E-state index is 12.9. The first-order chi connectivity index (χ1) is 7.13. The molecule has 0 saturated heterocycles. The SMILES string of the molecule is CCNC(C)/C=C/c1cc(F)ccc1Br. The molecule has 0 spiro atoms. The minimum Gasteiger partial charge on any atom is -0.311 e. The highest BCUT2D eigenvalue weighted by molar-refractivity contribution is 9.10. The van der Waals surface area contributed by atoms with Crippen LogP contribution < -0.4 is 5.32 Å². The highest BCUT2D eigenvalue weighted by Gasteiger charge is 1.99. The van der Waals surface area contributed by atoms with Gasteiger partial charge in [-0.2, -0.15) is 0 Å². The fourth-order valence-corrected chi connectivity index (χ4v) is 1.66. The predicted molar refractivity (Wildman–Crippen MR) is 66.3 cm³/mol. The summed E-state index contributed by atoms with van der Waals surface area (Å²) in [6, 6.07) is 4.96. The van der Waals surface area contributed by atoms with Crippen LogP contribution in [0.1, 0.15) is 19.4 Å². The lowest BCUT2D eigenvalue weighted by atomic mass is 10.2. The van der Waals surface area contributed by atoms with Crippen LogP contribution in [0.4, 0.5) is 4.39 Å². The number of nitrogens with one attached hydrogen (secondary N) is 1. The van der Waals surface area contributed by atoms with Crippen molar-refractivity contribution in [3.05, 3.63) is 40.1 Å². The normalized spacial score (nSPS) is 13.3. The van der Waals surface area contributed by atoms with Gasteiger partial charge in [-0.3, -0.25) is 0 Å². The average Bonchev–Trinajstić information content (AvgIpc) is 2.20. The molecule has 0 aliphatic rings. The number of hydrogen-bond donors (Lipinski definition) is 1. The Morgan fingerprint density at radius 1 is 1.53 bits per heavy atom. The van der Waals surface area contributed by atoms with E-state index in [0.29, 0.717) is 6.04 Å². The van der Waals surface area contributed by atoms with Crippen LogP contribution in [0, 0.1) is 5.82 Å². The highest BCUT2D eigenvalue weighted by Crippen LogP contribution is 2.19. The van der Waals surface area contributed by atoms with Gasteiger partial charge in [-0.15, -0.1) is 0 Å². The molecule has 0 heterocycles. The van der Waals surface area contributed by atoms with E-state index in [1.165, 1.54) is 12.1 Å². The van der Waals surface area contributed by atoms with Crippen LogP contribution >= 0.6 is 15.9 Å². The van der Waals surface area contributed by atoms with Crippen molar-refractivity contribution in [2.75, 3.05) is 6.54 Å². The molecule has 0 amide bonds. The standard InChI is InChI=1S/C12H15BrFN/c1-3-15-9(2)4-5-10-8-11(14)6-7-12(10)13/h4-9,15H,3H2,1-2H3/b5-4+. The van der Waals surface area contributed by atoms with Gasteiger partial charge in [-0.1, -0.05) is 35.0 Å². The molecule has 1 N–H and O–H groups in total. The molecule has 1 rings (SSSR count). The number of likely N-dealkylation sites (N-methyl/N-ethyl adjacent to an activating group) is 1. The Balaban J connectivity index is 2.75. The molecular formula is C12H15BrFN. The van der Waals surface area contributed by atoms with Crippen LogP contribution in [0.2, 0.25) is 0 Å². The smallest absolute Gasteiger partial charge is 0.123 e. The lowest BCUT2D eigenvalue weighted by Crippen LogP contribution is -2.22. The van der Waals surface area contributed by atoms with E-state index in [4.69, 9.17) is 0 Å². The Labute approximate surface area is 98.5 Å². The molecule has 1 nitrogen and oxygen atoms in total. The Morgan fingerprint density at radius 3 is 2.93 bits per heavy atom. The number of benzene rings is 1. The van der Waals surface area contributed by atoms with Crippen LogP contribution in [-0.4, -0.2) is 12.6 Å². The first-order valence-corrected chi connectivity index (χ1v) is 5.79. The highest BCUT2D eigenvalue weighted by atomic mass is 79.9. The maximum Gasteiger partial charge on any atom is 0.123 e. The zero-order valence-electron chi connectivity index (χ0n) is 8.93. The zero-order chi connectivity index (χ0) is 11.3. The van der Waals surface area contributed by atoms with Crippen molar-refractivity contribution >= 4 is 22.0 Å². The molecule has 0 saturated carbocycles. The van der Waals surface area contributed by atoms with Crippen LogP contribution in [0.3, 0.4) is 0 Å². The summed E-state index contributed by atoms with van der Waals surface area (Å²) in [5.74, 6) is -0.214. The molecule has 1 aromatic rings. The summed E-state index contributed by atoms with van der Waals surface area (Å²) in [5, 5.41) is 3.25. The third kappa shape index (κ3) is 4.14. The van der Waals surface area contributed by atoms with Gasteiger partial charge in [0.25, 0.3) is 0 Å². The molecule has 1 unspecified atom stereocenters. The molecule has 0 aromatic heterocycles. The summed E-state index contributed by atoms with van der Waals surface area (Å²) in [5.41, 5.74) is 0.861. The third-order valence-corrected chi connectivity index (χ3v) is 2.77. The predicted octanol–water partition coefficient (Wildman–Crippen LogP) is 3.60. The zero-order valence-corrected chi connectivity index (χ0v) is 10.5. The molecular weight excluding hydrogens is 257 g/mol. The van der Waals surface area contributed by atoms with Crippen LogP contribution in [0.5, 0.6) is 0 Å². The van der Waals surface area contributed by atoms with E-state index in [9.17, 15) is 4.39 Å². The van der Waals surface area contributed by atoms with Crippen LogP contribution in [0.25, 0.3) is 6.08 Å². The van der Waals surface area contributed by atoms with E-state index in [1.54, 1.807) is 6.07 Å². The minimum atomic E-state index is -0.214. The number of hydrogen-bond acceptors (Lipinski definition) is 1. The van der Waals surface area contributed by atoms with E-state index in [0.717, 1.165) is 16.6 Å². The summed E-state index contributed by atoms with van der Waals surface area (Å²) >= 11 is 3.38. The average molecular weight is 272 g/mol. The van der Waals surface area contributed by atoms with Crippen LogP contribution in [-0.2, 0) is 0 Å². The number of rotatable bonds is 4. The molecule has 0 aliphatic carbocycles. The molecule has 82 valence electrons. The maximum absolute atomic E-state index is 12.9. The van der Waals surface area contributed by atoms with Crippen molar-refractivity contribution in [1.82, 2.24) is 5.32 Å². The van der Waals surface area contributed by atoms with E-state index >= 15 is 0 Å². The molecule has 3 heteroatoms. The molecule has 0 radical (unpaired) electrons. The summed E-state index contributed by atoms with van der Waals surface area (Å²) in [7, 11) is 0. The van der Waals surface area contributed by atoms with Crippen molar-refractivity contribution in [3.63, 3.8) is 0 Å². The Bertz CT molecular complexity index is 349. The number of halogens is 2. The van der Waals surface area contributed by atoms with Gasteiger partial charge in [0.05, 0.1) is 0 Å². The summed E-state index contributed by atoms with van der Waals surface area (Å²) in [4.78, 5) is 0. The second-order valence-electron chi connectivity index (χ2n) is 3.37. The van der Waals surface area contributed by atoms with Crippen LogP contribution in [0.15, 0.2) is 28.7 Å². The van der Waals surface area contributed by atoms with Gasteiger partial charge in [0.2, 0.25) is 0 Å². The molecule has 0 bridgehead atoms. The monoisotopic (exact) mass is 271 g/mol. The summed E-state index contributed by atoms with van der Waals surface area (Å²) in [6.45, 7) is 5.05. The van der Waals surface area contributed by atoms with E-state index in [2.05, 4.69) is 35.1 Å². The molecule has 0 aliphatic heterocycles. The van der Waals surface area contributed by atoms with Gasteiger partial charge in [0.15, 0.2) is 0 Å². The van der Waals surface area contributed by atoms with Gasteiger partial charge in [0, 0.05) is 10.5 Å². The fourth-order valence-electron chi connectivity index (χ4n) is 1.28. The molecule has 15 heavy (non-hydrogen) atoms. The largest absolute Gasteiger partial charge is 0.311 e. The Morgan fingerprint density at radius 2 is 2.27 bits per heavy atom. The van der Waals surface area contributed by atoms with Crippen molar-refractivity contribution in [1.29, 1.82) is 0 Å². The Kier molecular flexibility index (Phi) is 4.99. The van der Waals surface area contributed by atoms with Crippen molar-refractivity contribution in [2.45, 2.75) is 19.9 Å². The lowest BCUT2D eigenvalue weighted by Gasteiger charge is -2.06. The van der Waals surface area contributed by atoms with E-state index in [-0.39, 0.29) is 5.82 Å². The summed E-state index contributed by atoms with van der Waals surface area (Å²) in [6.07, 6.45) is 3.93. The first kappa shape index (κ1) is 12.4. The quantitative estimate of drug-likeness (QED) is 0.883. The van der Waals surface area contributed by atoms with E-state index < -0.39 is 0 Å². The van der Waals surface area contributed by atoms with Crippen molar-refractivity contribution in [2.24, 2.45) is 0 Å². The third-order valence-electron chi connectivity index (χ3n) is 2.05. The lowest BCUT2D eigenvalue weighted by molar-refractivity contribution is 0.627. The van der Waals surface area contributed by atoms with Gasteiger partial charge in [-0.05, 0) is 37.2 Å². The first-order valence-electron chi connectivity index (χ1n) is 5.00. The molecule has 1 atom stereocenters. The fraction of sp³-hybridized carbons (Fsp3) is 0.333. The van der Waals surface area contributed by atoms with Crippen molar-refractivity contribution < 1.29 is 4.39 Å². The molecule has 1 aromatic carbocycles. The van der Waals surface area contributed by atoms with Gasteiger partial charge in [0.1, 0.15) is 5.82 Å². The topological polar surface area (TPSA) is 12.0 Å². The Hall–Kier alpha value is -0.670. The molecule has 0 fully saturated rings. The second-order valence-corrected chi connectivity index (χ2v) is 4.23. The summed E-state index contributed by atoms with van der Waals surface area (Å²) < 4.78 is 13.9. The second kappa shape index (κ2) is 6.03. The van der Waals surface area contributed by atoms with Gasteiger partial charge < -0.3 is 5.32 Å². The van der Waals surface area contributed by atoms with E-state index in [1.807, 2.05) is 12.2 Å². The van der Waals surface area contributed by atoms with Gasteiger partial charge >= 0.3 is 0 Å². The minimum absolute atomic E-state index is 0.214. The van der Waals surface area contributed by atoms with Crippen molar-refractivity contribution in [3.8, 4) is 0 Å².